The van der Waals surface area contributed by atoms with Gasteiger partial charge in [0.05, 0.1) is 13.2 Å². The van der Waals surface area contributed by atoms with Crippen LogP contribution in [-0.2, 0) is 13.6 Å². The lowest BCUT2D eigenvalue weighted by Crippen LogP contribution is -1.92. The van der Waals surface area contributed by atoms with E-state index in [0.29, 0.717) is 13.2 Å². The molecular formula is C11H21O3P. The molecule has 0 N–H and O–H groups in total. The van der Waals surface area contributed by atoms with E-state index in [1.807, 2.05) is 26.0 Å². The second-order valence-corrected chi connectivity index (χ2v) is 4.80. The Bertz CT molecular complexity index is 259. The maximum Gasteiger partial charge on any atom is 0.354 e. The summed E-state index contributed by atoms with van der Waals surface area (Å²) < 4.78 is 22.2. The molecule has 4 heteroatoms. The van der Waals surface area contributed by atoms with E-state index >= 15 is 0 Å². The molecule has 0 aliphatic carbocycles. The maximum atomic E-state index is 12.0. The summed E-state index contributed by atoms with van der Waals surface area (Å²) in [6.07, 6.45) is 4.70. The summed E-state index contributed by atoms with van der Waals surface area (Å²) in [6.45, 7) is 8.38. The van der Waals surface area contributed by atoms with Gasteiger partial charge in [0.25, 0.3) is 0 Å². The fourth-order valence-electron chi connectivity index (χ4n) is 1.09. The highest BCUT2D eigenvalue weighted by Gasteiger charge is 2.18. The fourth-order valence-corrected chi connectivity index (χ4v) is 2.43. The molecule has 0 fully saturated rings. The smallest absolute Gasteiger partial charge is 0.306 e. The summed E-state index contributed by atoms with van der Waals surface area (Å²) in [5, 5.41) is 0. The van der Waals surface area contributed by atoms with Crippen LogP contribution in [0.1, 0.15) is 34.1 Å². The molecule has 0 atom stereocenters. The van der Waals surface area contributed by atoms with Gasteiger partial charge in [0, 0.05) is 5.82 Å². The Morgan fingerprint density at radius 3 is 2.07 bits per heavy atom. The lowest BCUT2D eigenvalue weighted by Gasteiger charge is -2.12. The van der Waals surface area contributed by atoms with Crippen LogP contribution in [0.4, 0.5) is 0 Å². The molecule has 0 aromatic heterocycles. The summed E-state index contributed by atoms with van der Waals surface area (Å²) in [4.78, 5) is 0. The van der Waals surface area contributed by atoms with Crippen molar-refractivity contribution in [2.45, 2.75) is 34.1 Å². The molecule has 15 heavy (non-hydrogen) atoms. The highest BCUT2D eigenvalue weighted by atomic mass is 31.2. The SMILES string of the molecule is C/C=C(/C=C/P(=O)(OCC)OCC)CC. The molecule has 0 aromatic carbocycles. The van der Waals surface area contributed by atoms with Crippen molar-refractivity contribution in [1.29, 1.82) is 0 Å². The van der Waals surface area contributed by atoms with Crippen LogP contribution in [0.25, 0.3) is 0 Å². The van der Waals surface area contributed by atoms with Crippen molar-refractivity contribution in [2.24, 2.45) is 0 Å². The van der Waals surface area contributed by atoms with Crippen LogP contribution in [-0.4, -0.2) is 13.2 Å². The highest BCUT2D eigenvalue weighted by Crippen LogP contribution is 2.49. The van der Waals surface area contributed by atoms with Gasteiger partial charge in [-0.2, -0.15) is 0 Å². The first-order valence-corrected chi connectivity index (χ1v) is 6.96. The minimum absolute atomic E-state index is 0.388. The summed E-state index contributed by atoms with van der Waals surface area (Å²) >= 11 is 0. The predicted octanol–water partition coefficient (Wildman–Crippen LogP) is 4.12. The van der Waals surface area contributed by atoms with E-state index in [4.69, 9.17) is 9.05 Å². The minimum atomic E-state index is -3.02. The normalized spacial score (nSPS) is 13.7. The number of hydrogen-bond acceptors (Lipinski definition) is 3. The van der Waals surface area contributed by atoms with Gasteiger partial charge >= 0.3 is 7.60 Å². The van der Waals surface area contributed by atoms with E-state index in [-0.39, 0.29) is 0 Å². The highest BCUT2D eigenvalue weighted by molar-refractivity contribution is 7.57. The van der Waals surface area contributed by atoms with Crippen LogP contribution in [0.5, 0.6) is 0 Å². The lowest BCUT2D eigenvalue weighted by atomic mass is 10.2. The summed E-state index contributed by atoms with van der Waals surface area (Å²) in [7, 11) is -3.02. The molecule has 88 valence electrons. The van der Waals surface area contributed by atoms with Gasteiger partial charge in [-0.1, -0.05) is 24.6 Å². The third kappa shape index (κ3) is 5.93. The zero-order valence-corrected chi connectivity index (χ0v) is 10.9. The van der Waals surface area contributed by atoms with Gasteiger partial charge in [-0.3, -0.25) is 4.57 Å². The van der Waals surface area contributed by atoms with Crippen LogP contribution in [0, 0.1) is 0 Å². The van der Waals surface area contributed by atoms with Crippen molar-refractivity contribution in [3.05, 3.63) is 23.5 Å². The van der Waals surface area contributed by atoms with Gasteiger partial charge in [0.2, 0.25) is 0 Å². The molecule has 0 saturated heterocycles. The average molecular weight is 232 g/mol. The van der Waals surface area contributed by atoms with Gasteiger partial charge in [0.15, 0.2) is 0 Å². The van der Waals surface area contributed by atoms with E-state index in [9.17, 15) is 4.57 Å². The van der Waals surface area contributed by atoms with Gasteiger partial charge in [-0.25, -0.2) is 0 Å². The van der Waals surface area contributed by atoms with Crippen molar-refractivity contribution in [1.82, 2.24) is 0 Å². The molecular weight excluding hydrogens is 211 g/mol. The van der Waals surface area contributed by atoms with Crippen LogP contribution in [0.15, 0.2) is 23.5 Å². The molecule has 0 radical (unpaired) electrons. The molecule has 0 spiro atoms. The first-order chi connectivity index (χ1) is 7.11. The Hall–Kier alpha value is -0.370. The molecule has 0 aliphatic rings. The molecule has 0 aromatic rings. The number of allylic oxidation sites excluding steroid dienone is 3. The molecule has 0 saturated carbocycles. The topological polar surface area (TPSA) is 35.5 Å². The van der Waals surface area contributed by atoms with Crippen molar-refractivity contribution in [2.75, 3.05) is 13.2 Å². The largest absolute Gasteiger partial charge is 0.354 e. The lowest BCUT2D eigenvalue weighted by molar-refractivity contribution is 0.229. The van der Waals surface area contributed by atoms with Gasteiger partial charge in [-0.15, -0.1) is 0 Å². The summed E-state index contributed by atoms with van der Waals surface area (Å²) in [5.74, 6) is 1.54. The second-order valence-electron chi connectivity index (χ2n) is 2.91. The van der Waals surface area contributed by atoms with E-state index < -0.39 is 7.60 Å². The molecule has 0 bridgehead atoms. The van der Waals surface area contributed by atoms with Crippen LogP contribution in [0.2, 0.25) is 0 Å². The first kappa shape index (κ1) is 14.6. The van der Waals surface area contributed by atoms with Crippen molar-refractivity contribution < 1.29 is 13.6 Å². The fraction of sp³-hybridized carbons (Fsp3) is 0.636. The quantitative estimate of drug-likeness (QED) is 0.489. The van der Waals surface area contributed by atoms with Crippen molar-refractivity contribution >= 4 is 7.60 Å². The molecule has 0 aliphatic heterocycles. The van der Waals surface area contributed by atoms with E-state index in [0.717, 1.165) is 12.0 Å². The van der Waals surface area contributed by atoms with Gasteiger partial charge in [0.1, 0.15) is 0 Å². The van der Waals surface area contributed by atoms with Crippen LogP contribution >= 0.6 is 7.60 Å². The van der Waals surface area contributed by atoms with Crippen molar-refractivity contribution in [3.63, 3.8) is 0 Å². The molecule has 0 unspecified atom stereocenters. The monoisotopic (exact) mass is 232 g/mol. The van der Waals surface area contributed by atoms with E-state index in [1.54, 1.807) is 19.7 Å². The first-order valence-electron chi connectivity index (χ1n) is 5.35. The van der Waals surface area contributed by atoms with E-state index in [1.165, 1.54) is 0 Å². The Balaban J connectivity index is 4.59. The Labute approximate surface area is 92.7 Å². The predicted molar refractivity (Wildman–Crippen MR) is 64.0 cm³/mol. The van der Waals surface area contributed by atoms with Gasteiger partial charge < -0.3 is 9.05 Å². The average Bonchev–Trinajstić information content (AvgIpc) is 2.20. The van der Waals surface area contributed by atoms with Crippen molar-refractivity contribution in [3.8, 4) is 0 Å². The van der Waals surface area contributed by atoms with Crippen LogP contribution in [0.3, 0.4) is 0 Å². The molecule has 3 nitrogen and oxygen atoms in total. The summed E-state index contributed by atoms with van der Waals surface area (Å²) in [5.41, 5.74) is 1.12. The Morgan fingerprint density at radius 2 is 1.73 bits per heavy atom. The molecule has 0 rings (SSSR count). The maximum absolute atomic E-state index is 12.0. The minimum Gasteiger partial charge on any atom is -0.306 e. The zero-order chi connectivity index (χ0) is 11.7. The number of rotatable bonds is 7. The molecule has 0 heterocycles. The van der Waals surface area contributed by atoms with Gasteiger partial charge in [-0.05, 0) is 27.2 Å². The zero-order valence-electron chi connectivity index (χ0n) is 10.0. The Morgan fingerprint density at radius 1 is 1.20 bits per heavy atom. The molecule has 0 amide bonds. The van der Waals surface area contributed by atoms with E-state index in [2.05, 4.69) is 0 Å². The number of hydrogen-bond donors (Lipinski definition) is 0. The third-order valence-electron chi connectivity index (χ3n) is 1.87. The third-order valence-corrected chi connectivity index (χ3v) is 3.62. The second kappa shape index (κ2) is 7.86. The van der Waals surface area contributed by atoms with Crippen LogP contribution < -0.4 is 0 Å². The Kier molecular flexibility index (Phi) is 7.67. The standard InChI is InChI=1S/C11H21O3P/c1-5-11(6-2)9-10-15(12,13-7-3)14-8-4/h5,9-10H,6-8H2,1-4H3/b10-9+,11-5+. The summed E-state index contributed by atoms with van der Waals surface area (Å²) in [6, 6.07) is 0.